The van der Waals surface area contributed by atoms with Gasteiger partial charge >= 0.3 is 5.97 Å². The zero-order valence-electron chi connectivity index (χ0n) is 14.1. The largest absolute Gasteiger partial charge is 0.466 e. The first-order valence-electron chi connectivity index (χ1n) is 8.69. The first-order valence-corrected chi connectivity index (χ1v) is 8.69. The third-order valence-electron chi connectivity index (χ3n) is 4.19. The minimum absolute atomic E-state index is 0.106. The minimum Gasteiger partial charge on any atom is -0.466 e. The minimum atomic E-state index is -0.223. The van der Waals surface area contributed by atoms with Crippen LogP contribution in [0.4, 0.5) is 0 Å². The maximum absolute atomic E-state index is 12.3. The molecule has 1 aromatic rings. The Labute approximate surface area is 138 Å². The van der Waals surface area contributed by atoms with Crippen molar-refractivity contribution in [3.63, 3.8) is 0 Å². The van der Waals surface area contributed by atoms with Gasteiger partial charge in [-0.2, -0.15) is 0 Å². The molecule has 1 aliphatic heterocycles. The Balaban J connectivity index is 1.83. The Hall–Kier alpha value is -1.68. The highest BCUT2D eigenvalue weighted by molar-refractivity contribution is 5.96. The molecule has 0 aliphatic carbocycles. The molecule has 4 heteroatoms. The maximum Gasteiger partial charge on any atom is 0.305 e. The van der Waals surface area contributed by atoms with Crippen molar-refractivity contribution in [1.29, 1.82) is 0 Å². The van der Waals surface area contributed by atoms with Crippen molar-refractivity contribution in [2.24, 2.45) is 0 Å². The number of benzene rings is 1. The number of nitrogens with zero attached hydrogens (tertiary/aromatic N) is 1. The van der Waals surface area contributed by atoms with Gasteiger partial charge in [0.05, 0.1) is 6.61 Å². The van der Waals surface area contributed by atoms with Gasteiger partial charge in [0.2, 0.25) is 0 Å². The van der Waals surface area contributed by atoms with Crippen LogP contribution in [0.25, 0.3) is 0 Å². The second-order valence-corrected chi connectivity index (χ2v) is 6.12. The fourth-order valence-electron chi connectivity index (χ4n) is 2.99. The Morgan fingerprint density at radius 1 is 1.13 bits per heavy atom. The number of ether oxygens (including phenoxy) is 1. The van der Waals surface area contributed by atoms with Crippen molar-refractivity contribution >= 4 is 11.8 Å². The van der Waals surface area contributed by atoms with E-state index in [2.05, 4.69) is 11.0 Å². The van der Waals surface area contributed by atoms with Crippen molar-refractivity contribution in [3.05, 3.63) is 35.4 Å². The molecule has 23 heavy (non-hydrogen) atoms. The molecule has 126 valence electrons. The van der Waals surface area contributed by atoms with Gasteiger partial charge in [0.25, 0.3) is 0 Å². The lowest BCUT2D eigenvalue weighted by atomic mass is 10.0. The van der Waals surface area contributed by atoms with Gasteiger partial charge in [-0.05, 0) is 50.9 Å². The summed E-state index contributed by atoms with van der Waals surface area (Å²) in [7, 11) is 0. The van der Waals surface area contributed by atoms with E-state index in [1.165, 1.54) is 24.8 Å². The second-order valence-electron chi connectivity index (χ2n) is 6.12. The van der Waals surface area contributed by atoms with Gasteiger partial charge in [-0.1, -0.05) is 24.6 Å². The summed E-state index contributed by atoms with van der Waals surface area (Å²) in [6, 6.07) is 7.91. The number of Topliss-reactive ketones (excluding diaryl/α,β-unsaturated/α-hetero) is 1. The summed E-state index contributed by atoms with van der Waals surface area (Å²) in [6.07, 6.45) is 5.13. The summed E-state index contributed by atoms with van der Waals surface area (Å²) in [5.74, 6) is -0.117. The number of ketones is 1. The molecule has 0 unspecified atom stereocenters. The lowest BCUT2D eigenvalue weighted by Gasteiger charge is -2.26. The number of piperidine rings is 1. The van der Waals surface area contributed by atoms with E-state index in [1.807, 2.05) is 18.2 Å². The van der Waals surface area contributed by atoms with Crippen LogP contribution in [0.15, 0.2) is 24.3 Å². The molecular weight excluding hydrogens is 290 g/mol. The molecule has 0 radical (unpaired) electrons. The number of hydrogen-bond acceptors (Lipinski definition) is 4. The lowest BCUT2D eigenvalue weighted by molar-refractivity contribution is -0.143. The zero-order chi connectivity index (χ0) is 16.5. The molecule has 4 nitrogen and oxygen atoms in total. The molecule has 0 amide bonds. The molecule has 1 aliphatic rings. The van der Waals surface area contributed by atoms with Crippen LogP contribution < -0.4 is 0 Å². The van der Waals surface area contributed by atoms with Crippen LogP contribution in [0.3, 0.4) is 0 Å². The summed E-state index contributed by atoms with van der Waals surface area (Å²) < 4.78 is 4.88. The fraction of sp³-hybridized carbons (Fsp3) is 0.579. The molecule has 0 atom stereocenters. The van der Waals surface area contributed by atoms with Crippen LogP contribution in [0.2, 0.25) is 0 Å². The number of rotatable bonds is 8. The SMILES string of the molecule is CCOC(=O)CCCC(=O)c1cccc(CN2CCCCC2)c1. The molecule has 0 aromatic heterocycles. The van der Waals surface area contributed by atoms with E-state index < -0.39 is 0 Å². The number of carbonyl (C=O) groups excluding carboxylic acids is 2. The lowest BCUT2D eigenvalue weighted by Crippen LogP contribution is -2.29. The van der Waals surface area contributed by atoms with E-state index >= 15 is 0 Å². The number of likely N-dealkylation sites (tertiary alicyclic amines) is 1. The number of esters is 1. The highest BCUT2D eigenvalue weighted by Gasteiger charge is 2.12. The summed E-state index contributed by atoms with van der Waals surface area (Å²) in [5.41, 5.74) is 1.95. The van der Waals surface area contributed by atoms with Crippen molar-refractivity contribution in [2.45, 2.75) is 52.0 Å². The Kier molecular flexibility index (Phi) is 7.27. The second kappa shape index (κ2) is 9.46. The molecule has 1 fully saturated rings. The summed E-state index contributed by atoms with van der Waals surface area (Å²) >= 11 is 0. The summed E-state index contributed by atoms with van der Waals surface area (Å²) in [4.78, 5) is 26.0. The predicted octanol–water partition coefficient (Wildman–Crippen LogP) is 3.59. The summed E-state index contributed by atoms with van der Waals surface area (Å²) in [6.45, 7) is 5.40. The van der Waals surface area contributed by atoms with Crippen LogP contribution in [-0.4, -0.2) is 36.3 Å². The normalized spacial score (nSPS) is 15.3. The average molecular weight is 317 g/mol. The van der Waals surface area contributed by atoms with Crippen LogP contribution in [0.1, 0.15) is 61.4 Å². The summed E-state index contributed by atoms with van der Waals surface area (Å²) in [5, 5.41) is 0. The van der Waals surface area contributed by atoms with Crippen LogP contribution >= 0.6 is 0 Å². The smallest absolute Gasteiger partial charge is 0.305 e. The standard InChI is InChI=1S/C19H27NO3/c1-2-23-19(22)11-7-10-18(21)17-9-6-8-16(14-17)15-20-12-4-3-5-13-20/h6,8-9,14H,2-5,7,10-13,15H2,1H3. The molecule has 1 heterocycles. The third-order valence-corrected chi connectivity index (χ3v) is 4.19. The van der Waals surface area contributed by atoms with Gasteiger partial charge in [-0.15, -0.1) is 0 Å². The van der Waals surface area contributed by atoms with Gasteiger partial charge < -0.3 is 4.74 Å². The first-order chi connectivity index (χ1) is 11.2. The van der Waals surface area contributed by atoms with Crippen LogP contribution in [0, 0.1) is 0 Å². The van der Waals surface area contributed by atoms with Crippen LogP contribution in [-0.2, 0) is 16.1 Å². The fourth-order valence-corrected chi connectivity index (χ4v) is 2.99. The monoisotopic (exact) mass is 317 g/mol. The number of hydrogen-bond donors (Lipinski definition) is 0. The van der Waals surface area contributed by atoms with Gasteiger partial charge in [0, 0.05) is 24.9 Å². The van der Waals surface area contributed by atoms with E-state index in [9.17, 15) is 9.59 Å². The molecule has 2 rings (SSSR count). The molecule has 1 aromatic carbocycles. The third kappa shape index (κ3) is 6.14. The molecule has 0 bridgehead atoms. The van der Waals surface area contributed by atoms with E-state index in [0.717, 1.165) is 25.2 Å². The van der Waals surface area contributed by atoms with Gasteiger partial charge in [-0.3, -0.25) is 14.5 Å². The van der Waals surface area contributed by atoms with E-state index in [1.54, 1.807) is 6.92 Å². The van der Waals surface area contributed by atoms with E-state index in [-0.39, 0.29) is 11.8 Å². The zero-order valence-corrected chi connectivity index (χ0v) is 14.1. The van der Waals surface area contributed by atoms with Crippen molar-refractivity contribution < 1.29 is 14.3 Å². The average Bonchev–Trinajstić information content (AvgIpc) is 2.56. The molecule has 0 spiro atoms. The molecular formula is C19H27NO3. The topological polar surface area (TPSA) is 46.6 Å². The Morgan fingerprint density at radius 3 is 2.65 bits per heavy atom. The molecule has 0 N–H and O–H groups in total. The number of carbonyl (C=O) groups is 2. The van der Waals surface area contributed by atoms with E-state index in [4.69, 9.17) is 4.74 Å². The van der Waals surface area contributed by atoms with Crippen LogP contribution in [0.5, 0.6) is 0 Å². The highest BCUT2D eigenvalue weighted by atomic mass is 16.5. The van der Waals surface area contributed by atoms with Crippen molar-refractivity contribution in [2.75, 3.05) is 19.7 Å². The van der Waals surface area contributed by atoms with Crippen molar-refractivity contribution in [1.82, 2.24) is 4.90 Å². The molecule has 0 saturated carbocycles. The van der Waals surface area contributed by atoms with Gasteiger partial charge in [0.1, 0.15) is 0 Å². The maximum atomic E-state index is 12.3. The quantitative estimate of drug-likeness (QED) is 0.543. The first kappa shape index (κ1) is 17.7. The molecule has 1 saturated heterocycles. The Bertz CT molecular complexity index is 521. The predicted molar refractivity (Wildman–Crippen MR) is 90.4 cm³/mol. The highest BCUT2D eigenvalue weighted by Crippen LogP contribution is 2.15. The van der Waals surface area contributed by atoms with Gasteiger partial charge in [0.15, 0.2) is 5.78 Å². The van der Waals surface area contributed by atoms with Crippen molar-refractivity contribution in [3.8, 4) is 0 Å². The van der Waals surface area contributed by atoms with E-state index in [0.29, 0.717) is 25.9 Å². The Morgan fingerprint density at radius 2 is 1.91 bits per heavy atom. The van der Waals surface area contributed by atoms with Gasteiger partial charge in [-0.25, -0.2) is 0 Å².